The lowest BCUT2D eigenvalue weighted by Crippen LogP contribution is -2.52. The Hall–Kier alpha value is -1.79. The van der Waals surface area contributed by atoms with Gasteiger partial charge in [0.2, 0.25) is 11.8 Å². The van der Waals surface area contributed by atoms with Crippen molar-refractivity contribution < 1.29 is 14.3 Å². The summed E-state index contributed by atoms with van der Waals surface area (Å²) in [6.07, 6.45) is 6.11. The number of benzene rings is 1. The first-order valence-corrected chi connectivity index (χ1v) is 11.0. The van der Waals surface area contributed by atoms with Gasteiger partial charge >= 0.3 is 0 Å². The maximum absolute atomic E-state index is 13.4. The number of carbonyl (C=O) groups is 2. The van der Waals surface area contributed by atoms with E-state index >= 15 is 0 Å². The maximum Gasteiger partial charge on any atom is 0.230 e. The second-order valence-electron chi connectivity index (χ2n) is 8.86. The summed E-state index contributed by atoms with van der Waals surface area (Å²) in [6.45, 7) is 3.75. The van der Waals surface area contributed by atoms with E-state index in [9.17, 15) is 9.59 Å². The summed E-state index contributed by atoms with van der Waals surface area (Å²) in [6, 6.07) is 7.74. The summed E-state index contributed by atoms with van der Waals surface area (Å²) >= 11 is 0. The third-order valence-electron chi connectivity index (χ3n) is 7.24. The summed E-state index contributed by atoms with van der Waals surface area (Å²) in [7, 11) is 1.64. The zero-order valence-electron chi connectivity index (χ0n) is 17.8. The second-order valence-corrected chi connectivity index (χ2v) is 8.86. The smallest absolute Gasteiger partial charge is 0.230 e. The Balaban J connectivity index is 0.00000256. The van der Waals surface area contributed by atoms with Gasteiger partial charge in [-0.15, -0.1) is 12.4 Å². The molecule has 30 heavy (non-hydrogen) atoms. The van der Waals surface area contributed by atoms with Crippen molar-refractivity contribution in [3.05, 3.63) is 29.8 Å². The number of likely N-dealkylation sites (tertiary alicyclic amines) is 1. The van der Waals surface area contributed by atoms with Crippen LogP contribution in [0.1, 0.15) is 44.1 Å². The van der Waals surface area contributed by atoms with Crippen molar-refractivity contribution in [2.45, 2.75) is 45.1 Å². The monoisotopic (exact) mass is 435 g/mol. The van der Waals surface area contributed by atoms with Gasteiger partial charge in [-0.25, -0.2) is 0 Å². The molecular weight excluding hydrogens is 402 g/mol. The third kappa shape index (κ3) is 4.59. The van der Waals surface area contributed by atoms with Crippen LogP contribution in [0.2, 0.25) is 0 Å². The third-order valence-corrected chi connectivity index (χ3v) is 7.24. The molecule has 6 nitrogen and oxygen atoms in total. The van der Waals surface area contributed by atoms with Crippen LogP contribution >= 0.6 is 12.4 Å². The number of hydrogen-bond acceptors (Lipinski definition) is 4. The molecule has 2 saturated heterocycles. The van der Waals surface area contributed by atoms with Crippen molar-refractivity contribution >= 4 is 24.2 Å². The van der Waals surface area contributed by atoms with E-state index < -0.39 is 0 Å². The van der Waals surface area contributed by atoms with Gasteiger partial charge in [-0.1, -0.05) is 25.0 Å². The number of piperidine rings is 1. The molecule has 1 aliphatic carbocycles. The Morgan fingerprint density at radius 2 is 1.90 bits per heavy atom. The van der Waals surface area contributed by atoms with E-state index in [0.717, 1.165) is 50.1 Å². The molecule has 1 saturated carbocycles. The van der Waals surface area contributed by atoms with Gasteiger partial charge in [-0.2, -0.15) is 0 Å². The van der Waals surface area contributed by atoms with Gasteiger partial charge in [0.1, 0.15) is 5.75 Å². The molecule has 0 spiro atoms. The minimum Gasteiger partial charge on any atom is -0.497 e. The summed E-state index contributed by atoms with van der Waals surface area (Å²) in [4.78, 5) is 28.0. The Morgan fingerprint density at radius 1 is 1.17 bits per heavy atom. The molecule has 2 atom stereocenters. The van der Waals surface area contributed by atoms with Crippen LogP contribution in [-0.4, -0.2) is 50.0 Å². The molecule has 0 unspecified atom stereocenters. The van der Waals surface area contributed by atoms with Crippen LogP contribution in [0.4, 0.5) is 0 Å². The number of rotatable bonds is 5. The summed E-state index contributed by atoms with van der Waals surface area (Å²) < 4.78 is 5.17. The molecule has 166 valence electrons. The fourth-order valence-electron chi connectivity index (χ4n) is 5.40. The Kier molecular flexibility index (Phi) is 7.64. The molecular formula is C23H34ClN3O3. The number of amides is 2. The van der Waals surface area contributed by atoms with Gasteiger partial charge < -0.3 is 20.3 Å². The van der Waals surface area contributed by atoms with Crippen LogP contribution in [0.15, 0.2) is 24.3 Å². The van der Waals surface area contributed by atoms with E-state index in [0.29, 0.717) is 31.5 Å². The van der Waals surface area contributed by atoms with Gasteiger partial charge in [-0.05, 0) is 55.8 Å². The lowest BCUT2D eigenvalue weighted by Gasteiger charge is -2.42. The first-order valence-electron chi connectivity index (χ1n) is 11.0. The van der Waals surface area contributed by atoms with Crippen LogP contribution in [-0.2, 0) is 16.1 Å². The fraction of sp³-hybridized carbons (Fsp3) is 0.652. The topological polar surface area (TPSA) is 70.7 Å². The van der Waals surface area contributed by atoms with Crippen LogP contribution in [0.5, 0.6) is 5.75 Å². The number of hydrogen-bond donors (Lipinski definition) is 2. The molecule has 2 N–H and O–H groups in total. The highest BCUT2D eigenvalue weighted by molar-refractivity contribution is 5.85. The number of ether oxygens (including phenoxy) is 1. The highest BCUT2D eigenvalue weighted by atomic mass is 35.5. The van der Waals surface area contributed by atoms with E-state index in [-0.39, 0.29) is 29.6 Å². The zero-order valence-corrected chi connectivity index (χ0v) is 18.6. The van der Waals surface area contributed by atoms with Crippen molar-refractivity contribution in [1.29, 1.82) is 0 Å². The highest BCUT2D eigenvalue weighted by Crippen LogP contribution is 2.45. The average molecular weight is 436 g/mol. The molecule has 2 amide bonds. The molecule has 3 fully saturated rings. The van der Waals surface area contributed by atoms with E-state index in [1.165, 1.54) is 12.8 Å². The molecule has 3 aliphatic rings. The first kappa shape index (κ1) is 22.9. The SMILES string of the molecule is COc1ccc(CNC(=O)C2CCN(C(=O)[C@@]34CCCC[C@H]3CNC4)CC2)cc1.Cl. The van der Waals surface area contributed by atoms with E-state index in [4.69, 9.17) is 4.74 Å². The minimum absolute atomic E-state index is 0. The van der Waals surface area contributed by atoms with Crippen molar-refractivity contribution in [1.82, 2.24) is 15.5 Å². The number of fused-ring (bicyclic) bond motifs is 1. The average Bonchev–Trinajstić information content (AvgIpc) is 3.22. The highest BCUT2D eigenvalue weighted by Gasteiger charge is 2.51. The van der Waals surface area contributed by atoms with Crippen LogP contribution < -0.4 is 15.4 Å². The Labute approximate surface area is 185 Å². The summed E-state index contributed by atoms with van der Waals surface area (Å²) in [5.74, 6) is 1.75. The standard InChI is InChI=1S/C23H33N3O3.ClH/c1-29-20-7-5-17(6-8-20)14-25-21(27)18-9-12-26(13-10-18)22(28)23-11-3-2-4-19(23)15-24-16-23;/h5-8,18-19,24H,2-4,9-16H2,1H3,(H,25,27);1H/t19-,23+;/m0./s1. The van der Waals surface area contributed by atoms with Gasteiger partial charge in [0, 0.05) is 32.1 Å². The van der Waals surface area contributed by atoms with Gasteiger partial charge in [-0.3, -0.25) is 9.59 Å². The Morgan fingerprint density at radius 3 is 2.60 bits per heavy atom. The number of carbonyl (C=O) groups excluding carboxylic acids is 2. The maximum atomic E-state index is 13.4. The first-order chi connectivity index (χ1) is 14.1. The van der Waals surface area contributed by atoms with Gasteiger partial charge in [0.05, 0.1) is 12.5 Å². The van der Waals surface area contributed by atoms with E-state index in [2.05, 4.69) is 10.6 Å². The summed E-state index contributed by atoms with van der Waals surface area (Å²) in [5.41, 5.74) is 0.879. The normalized spacial score (nSPS) is 26.4. The zero-order chi connectivity index (χ0) is 20.3. The molecule has 0 radical (unpaired) electrons. The minimum atomic E-state index is -0.179. The van der Waals surface area contributed by atoms with Gasteiger partial charge in [0.25, 0.3) is 0 Å². The predicted molar refractivity (Wildman–Crippen MR) is 119 cm³/mol. The molecule has 2 heterocycles. The number of halogens is 1. The van der Waals surface area contributed by atoms with Crippen molar-refractivity contribution in [3.8, 4) is 5.75 Å². The van der Waals surface area contributed by atoms with Crippen molar-refractivity contribution in [2.75, 3.05) is 33.3 Å². The molecule has 4 rings (SSSR count). The Bertz CT molecular complexity index is 734. The largest absolute Gasteiger partial charge is 0.497 e. The van der Waals surface area contributed by atoms with Crippen LogP contribution in [0.3, 0.4) is 0 Å². The summed E-state index contributed by atoms with van der Waals surface area (Å²) in [5, 5.41) is 6.53. The van der Waals surface area contributed by atoms with Crippen molar-refractivity contribution in [3.63, 3.8) is 0 Å². The van der Waals surface area contributed by atoms with Crippen LogP contribution in [0, 0.1) is 17.3 Å². The van der Waals surface area contributed by atoms with Crippen molar-refractivity contribution in [2.24, 2.45) is 17.3 Å². The molecule has 7 heteroatoms. The molecule has 1 aromatic carbocycles. The molecule has 0 bridgehead atoms. The lowest BCUT2D eigenvalue weighted by atomic mass is 9.67. The number of nitrogens with one attached hydrogen (secondary N) is 2. The van der Waals surface area contributed by atoms with Gasteiger partial charge in [0.15, 0.2) is 0 Å². The molecule has 2 aliphatic heterocycles. The molecule has 1 aromatic rings. The predicted octanol–water partition coefficient (Wildman–Crippen LogP) is 2.75. The number of methoxy groups -OCH3 is 1. The number of nitrogens with zero attached hydrogens (tertiary/aromatic N) is 1. The van der Waals surface area contributed by atoms with E-state index in [1.807, 2.05) is 29.2 Å². The van der Waals surface area contributed by atoms with E-state index in [1.54, 1.807) is 7.11 Å². The molecule has 0 aromatic heterocycles. The second kappa shape index (κ2) is 10.0. The lowest BCUT2D eigenvalue weighted by molar-refractivity contribution is -0.148. The van der Waals surface area contributed by atoms with Crippen LogP contribution in [0.25, 0.3) is 0 Å². The quantitative estimate of drug-likeness (QED) is 0.746. The fourth-order valence-corrected chi connectivity index (χ4v) is 5.40.